The molecule has 1 aliphatic carbocycles. The fraction of sp³-hybridized carbons (Fsp3) is 0. The number of fused-ring (bicyclic) bond motifs is 9. The minimum Gasteiger partial charge on any atom is -0.455 e. The summed E-state index contributed by atoms with van der Waals surface area (Å²) in [5.74, 6) is 1.67. The first-order chi connectivity index (χ1) is 30.3. The number of aromatic nitrogens is 4. The molecule has 0 spiro atoms. The summed E-state index contributed by atoms with van der Waals surface area (Å²) in [5, 5.41) is 9.01. The van der Waals surface area contributed by atoms with Crippen molar-refractivity contribution in [1.29, 1.82) is 0 Å². The lowest BCUT2D eigenvalue weighted by Crippen LogP contribution is -2.00. The molecule has 0 N–H and O–H groups in total. The maximum atomic E-state index is 6.99. The van der Waals surface area contributed by atoms with Crippen LogP contribution in [0.15, 0.2) is 191 Å². The van der Waals surface area contributed by atoms with Gasteiger partial charge in [-0.15, -0.1) is 0 Å². The van der Waals surface area contributed by atoms with E-state index in [1.807, 2.05) is 72.8 Å². The second-order valence-electron chi connectivity index (χ2n) is 15.8. The van der Waals surface area contributed by atoms with Gasteiger partial charge in [-0.3, -0.25) is 0 Å². The predicted molar refractivity (Wildman–Crippen MR) is 247 cm³/mol. The zero-order chi connectivity index (χ0) is 39.8. The Kier molecular flexibility index (Phi) is 6.46. The van der Waals surface area contributed by atoms with E-state index in [4.69, 9.17) is 23.8 Å². The largest absolute Gasteiger partial charge is 0.455 e. The summed E-state index contributed by atoms with van der Waals surface area (Å²) in [6, 6.07) is 63.7. The van der Waals surface area contributed by atoms with Crippen LogP contribution in [0, 0.1) is 0 Å². The maximum absolute atomic E-state index is 6.99. The molecule has 0 radical (unpaired) electrons. The van der Waals surface area contributed by atoms with Gasteiger partial charge in [0.25, 0.3) is 0 Å². The van der Waals surface area contributed by atoms with Gasteiger partial charge in [0.1, 0.15) is 16.7 Å². The third kappa shape index (κ3) is 4.48. The molecule has 0 bridgehead atoms. The Labute approximate surface area is 347 Å². The highest BCUT2D eigenvalue weighted by Gasteiger charge is 2.27. The van der Waals surface area contributed by atoms with Gasteiger partial charge in [0.2, 0.25) is 0 Å². The lowest BCUT2D eigenvalue weighted by atomic mass is 9.93. The van der Waals surface area contributed by atoms with Crippen molar-refractivity contribution in [3.8, 4) is 62.1 Å². The summed E-state index contributed by atoms with van der Waals surface area (Å²) in [4.78, 5) is 15.5. The Balaban J connectivity index is 1.04. The summed E-state index contributed by atoms with van der Waals surface area (Å²) < 4.78 is 15.9. The SMILES string of the molecule is c1ccc(-c2nc(-c3cccc4c3oc3ccccc34)nc(-c3cccc4oc5c(-n6c7cccc8c7c7c9c(cccc9ccc76)-c6ccccc6-8)cccc5c34)n2)cc1. The Morgan fingerprint density at radius 2 is 0.918 bits per heavy atom. The molecule has 0 saturated heterocycles. The molecule has 0 saturated carbocycles. The van der Waals surface area contributed by atoms with Crippen LogP contribution in [0.2, 0.25) is 0 Å². The molecule has 6 nitrogen and oxygen atoms in total. The molecule has 0 fully saturated rings. The van der Waals surface area contributed by atoms with E-state index in [0.717, 1.165) is 77.3 Å². The Morgan fingerprint density at radius 3 is 1.80 bits per heavy atom. The van der Waals surface area contributed by atoms with E-state index in [0.29, 0.717) is 17.5 Å². The number of benzene rings is 9. The summed E-state index contributed by atoms with van der Waals surface area (Å²) in [5.41, 5.74) is 13.9. The van der Waals surface area contributed by atoms with E-state index in [1.165, 1.54) is 43.8 Å². The van der Waals surface area contributed by atoms with Gasteiger partial charge in [0.05, 0.1) is 22.3 Å². The van der Waals surface area contributed by atoms with Crippen molar-refractivity contribution in [2.75, 3.05) is 0 Å². The minimum atomic E-state index is 0.537. The number of para-hydroxylation sites is 3. The Morgan fingerprint density at radius 1 is 0.328 bits per heavy atom. The van der Waals surface area contributed by atoms with Crippen molar-refractivity contribution in [3.05, 3.63) is 182 Å². The molecule has 0 amide bonds. The van der Waals surface area contributed by atoms with E-state index in [1.54, 1.807) is 0 Å². The van der Waals surface area contributed by atoms with Crippen LogP contribution in [0.5, 0.6) is 0 Å². The Bertz CT molecular complexity index is 4010. The molecule has 13 aromatic rings. The molecule has 14 rings (SSSR count). The second kappa shape index (κ2) is 12.1. The number of nitrogens with zero attached hydrogens (tertiary/aromatic N) is 4. The first-order valence-corrected chi connectivity index (χ1v) is 20.5. The van der Waals surface area contributed by atoms with Crippen LogP contribution in [-0.2, 0) is 0 Å². The van der Waals surface area contributed by atoms with Gasteiger partial charge in [-0.25, -0.2) is 15.0 Å². The van der Waals surface area contributed by atoms with Gasteiger partial charge in [0.15, 0.2) is 23.1 Å². The fourth-order valence-corrected chi connectivity index (χ4v) is 10.0. The van der Waals surface area contributed by atoms with E-state index in [2.05, 4.69) is 114 Å². The van der Waals surface area contributed by atoms with Crippen LogP contribution >= 0.6 is 0 Å². The highest BCUT2D eigenvalue weighted by Crippen LogP contribution is 2.50. The maximum Gasteiger partial charge on any atom is 0.167 e. The summed E-state index contributed by atoms with van der Waals surface area (Å²) >= 11 is 0. The van der Waals surface area contributed by atoms with Crippen LogP contribution in [0.1, 0.15) is 0 Å². The topological polar surface area (TPSA) is 69.9 Å². The molecule has 61 heavy (non-hydrogen) atoms. The van der Waals surface area contributed by atoms with Crippen LogP contribution in [0.3, 0.4) is 0 Å². The number of hydrogen-bond acceptors (Lipinski definition) is 5. The third-order valence-electron chi connectivity index (χ3n) is 12.6. The van der Waals surface area contributed by atoms with Crippen LogP contribution in [0.25, 0.3) is 139 Å². The summed E-state index contributed by atoms with van der Waals surface area (Å²) in [6.07, 6.45) is 0. The van der Waals surface area contributed by atoms with E-state index in [-0.39, 0.29) is 0 Å². The van der Waals surface area contributed by atoms with Crippen molar-refractivity contribution in [2.45, 2.75) is 0 Å². The molecular formula is C55H30N4O2. The molecule has 0 atom stereocenters. The first kappa shape index (κ1) is 32.6. The van der Waals surface area contributed by atoms with Crippen LogP contribution in [0.4, 0.5) is 0 Å². The molecule has 1 aliphatic rings. The van der Waals surface area contributed by atoms with E-state index < -0.39 is 0 Å². The second-order valence-corrected chi connectivity index (χ2v) is 15.8. The van der Waals surface area contributed by atoms with Gasteiger partial charge in [0, 0.05) is 43.4 Å². The normalized spacial score (nSPS) is 12.3. The smallest absolute Gasteiger partial charge is 0.167 e. The fourth-order valence-electron chi connectivity index (χ4n) is 10.0. The molecule has 6 heteroatoms. The average molecular weight is 779 g/mol. The molecule has 0 unspecified atom stereocenters. The average Bonchev–Trinajstić information content (AvgIpc) is 3.99. The van der Waals surface area contributed by atoms with E-state index in [9.17, 15) is 0 Å². The zero-order valence-corrected chi connectivity index (χ0v) is 32.4. The molecule has 4 aromatic heterocycles. The third-order valence-corrected chi connectivity index (χ3v) is 12.6. The van der Waals surface area contributed by atoms with Gasteiger partial charge < -0.3 is 13.4 Å². The molecule has 0 aliphatic heterocycles. The van der Waals surface area contributed by atoms with Gasteiger partial charge in [-0.05, 0) is 69.4 Å². The highest BCUT2D eigenvalue weighted by molar-refractivity contribution is 6.31. The van der Waals surface area contributed by atoms with Crippen molar-refractivity contribution in [2.24, 2.45) is 0 Å². The van der Waals surface area contributed by atoms with Gasteiger partial charge in [-0.1, -0.05) is 146 Å². The van der Waals surface area contributed by atoms with Gasteiger partial charge >= 0.3 is 0 Å². The standard InChI is InChI=1S/C55H30N4O2/c1-2-13-32(14-3-1)53-56-54(58-55(57-53)41-24-9-21-38-35-18-6-7-27-45(35)60-51(38)41)40-23-12-28-46-48(40)39-22-11-26-44(52(39)61-46)59-42-25-10-20-37-34-17-5-4-16-33(34)36-19-8-15-31-29-30-43(59)50(47(31)36)49(37)42/h1-30H. The van der Waals surface area contributed by atoms with E-state index >= 15 is 0 Å². The molecule has 4 heterocycles. The Hall–Kier alpha value is -8.35. The molecule has 9 aromatic carbocycles. The lowest BCUT2D eigenvalue weighted by molar-refractivity contribution is 0.666. The predicted octanol–water partition coefficient (Wildman–Crippen LogP) is 14.6. The van der Waals surface area contributed by atoms with Crippen molar-refractivity contribution >= 4 is 76.5 Å². The van der Waals surface area contributed by atoms with Crippen molar-refractivity contribution < 1.29 is 8.83 Å². The zero-order valence-electron chi connectivity index (χ0n) is 32.4. The van der Waals surface area contributed by atoms with Crippen LogP contribution < -0.4 is 0 Å². The van der Waals surface area contributed by atoms with Crippen molar-refractivity contribution in [3.63, 3.8) is 0 Å². The number of rotatable bonds is 4. The quantitative estimate of drug-likeness (QED) is 0.178. The monoisotopic (exact) mass is 778 g/mol. The highest BCUT2D eigenvalue weighted by atomic mass is 16.3. The minimum absolute atomic E-state index is 0.537. The molecular weight excluding hydrogens is 749 g/mol. The summed E-state index contributed by atoms with van der Waals surface area (Å²) in [6.45, 7) is 0. The number of hydrogen-bond donors (Lipinski definition) is 0. The van der Waals surface area contributed by atoms with Crippen LogP contribution in [-0.4, -0.2) is 19.5 Å². The van der Waals surface area contributed by atoms with Gasteiger partial charge in [-0.2, -0.15) is 0 Å². The van der Waals surface area contributed by atoms with Crippen molar-refractivity contribution in [1.82, 2.24) is 19.5 Å². The summed E-state index contributed by atoms with van der Waals surface area (Å²) in [7, 11) is 0. The number of furan rings is 2. The lowest BCUT2D eigenvalue weighted by Gasteiger charge is -2.13. The molecule has 282 valence electrons. The first-order valence-electron chi connectivity index (χ1n) is 20.5.